The van der Waals surface area contributed by atoms with E-state index in [4.69, 9.17) is 16.3 Å². The summed E-state index contributed by atoms with van der Waals surface area (Å²) in [6.07, 6.45) is -4.62. The molecule has 0 heterocycles. The van der Waals surface area contributed by atoms with Gasteiger partial charge in [0.05, 0.1) is 16.1 Å². The van der Waals surface area contributed by atoms with Crippen LogP contribution in [0.1, 0.15) is 26.3 Å². The van der Waals surface area contributed by atoms with Crippen LogP contribution < -0.4 is 0 Å². The second-order valence-corrected chi connectivity index (χ2v) is 5.41. The smallest absolute Gasteiger partial charge is 0.416 e. The lowest BCUT2D eigenvalue weighted by Gasteiger charge is -2.08. The van der Waals surface area contributed by atoms with Gasteiger partial charge < -0.3 is 4.74 Å². The topological polar surface area (TPSA) is 86.5 Å². The van der Waals surface area contributed by atoms with Gasteiger partial charge in [0.25, 0.3) is 5.69 Å². The summed E-state index contributed by atoms with van der Waals surface area (Å²) in [5, 5.41) is 10.6. The minimum Gasteiger partial charge on any atom is -0.454 e. The monoisotopic (exact) mass is 387 g/mol. The van der Waals surface area contributed by atoms with Gasteiger partial charge in [-0.1, -0.05) is 23.7 Å². The van der Waals surface area contributed by atoms with Crippen molar-refractivity contribution < 1.29 is 32.4 Å². The van der Waals surface area contributed by atoms with Crippen LogP contribution in [0.5, 0.6) is 0 Å². The molecule has 0 spiro atoms. The fraction of sp³-hybridized carbons (Fsp3) is 0.125. The van der Waals surface area contributed by atoms with Crippen LogP contribution in [0, 0.1) is 10.1 Å². The number of carbonyl (C=O) groups excluding carboxylic acids is 2. The lowest BCUT2D eigenvalue weighted by atomic mass is 10.1. The standard InChI is InChI=1S/C16H9ClF3NO5/c17-12-5-4-10(7-13(12)21(24)25)15(23)26-8-14(22)9-2-1-3-11(6-9)16(18,19)20/h1-7H,8H2. The number of hydrogen-bond donors (Lipinski definition) is 0. The van der Waals surface area contributed by atoms with Gasteiger partial charge in [-0.2, -0.15) is 13.2 Å². The van der Waals surface area contributed by atoms with Gasteiger partial charge in [-0.05, 0) is 24.3 Å². The Morgan fingerprint density at radius 1 is 1.12 bits per heavy atom. The zero-order chi connectivity index (χ0) is 19.5. The zero-order valence-corrected chi connectivity index (χ0v) is 13.5. The van der Waals surface area contributed by atoms with Gasteiger partial charge in [0.1, 0.15) is 5.02 Å². The molecule has 0 atom stereocenters. The summed E-state index contributed by atoms with van der Waals surface area (Å²) in [7, 11) is 0. The van der Waals surface area contributed by atoms with E-state index < -0.39 is 40.7 Å². The first-order valence-electron chi connectivity index (χ1n) is 6.91. The van der Waals surface area contributed by atoms with E-state index in [1.165, 1.54) is 0 Å². The maximum absolute atomic E-state index is 12.6. The van der Waals surface area contributed by atoms with E-state index >= 15 is 0 Å². The number of halogens is 4. The van der Waals surface area contributed by atoms with Crippen molar-refractivity contribution in [1.82, 2.24) is 0 Å². The van der Waals surface area contributed by atoms with Crippen molar-refractivity contribution >= 4 is 29.0 Å². The molecule has 0 unspecified atom stereocenters. The highest BCUT2D eigenvalue weighted by atomic mass is 35.5. The Hall–Kier alpha value is -2.94. The van der Waals surface area contributed by atoms with Crippen LogP contribution in [0.25, 0.3) is 0 Å². The second kappa shape index (κ2) is 7.52. The highest BCUT2D eigenvalue weighted by molar-refractivity contribution is 6.32. The van der Waals surface area contributed by atoms with Gasteiger partial charge in [-0.3, -0.25) is 14.9 Å². The number of rotatable bonds is 5. The molecule has 2 aromatic rings. The van der Waals surface area contributed by atoms with Gasteiger partial charge in [0, 0.05) is 11.6 Å². The Kier molecular flexibility index (Phi) is 5.61. The fourth-order valence-corrected chi connectivity index (χ4v) is 2.13. The fourth-order valence-electron chi connectivity index (χ4n) is 1.95. The third-order valence-corrected chi connectivity index (χ3v) is 3.54. The molecule has 2 rings (SSSR count). The van der Waals surface area contributed by atoms with E-state index in [-0.39, 0.29) is 16.1 Å². The third-order valence-electron chi connectivity index (χ3n) is 3.22. The van der Waals surface area contributed by atoms with Gasteiger partial charge in [-0.15, -0.1) is 0 Å². The summed E-state index contributed by atoms with van der Waals surface area (Å²) in [6, 6.07) is 6.80. The minimum atomic E-state index is -4.62. The average Bonchev–Trinajstić information content (AvgIpc) is 2.58. The molecule has 0 saturated heterocycles. The number of benzene rings is 2. The highest BCUT2D eigenvalue weighted by Gasteiger charge is 2.31. The van der Waals surface area contributed by atoms with E-state index in [1.54, 1.807) is 0 Å². The van der Waals surface area contributed by atoms with Crippen LogP contribution >= 0.6 is 11.6 Å². The molecule has 0 aliphatic heterocycles. The predicted molar refractivity (Wildman–Crippen MR) is 84.2 cm³/mol. The molecule has 0 amide bonds. The molecule has 26 heavy (non-hydrogen) atoms. The van der Waals surface area contributed by atoms with Gasteiger partial charge in [0.2, 0.25) is 0 Å². The molecule has 0 bridgehead atoms. The van der Waals surface area contributed by atoms with Crippen molar-refractivity contribution in [1.29, 1.82) is 0 Å². The normalized spacial score (nSPS) is 11.1. The molecule has 0 aliphatic carbocycles. The molecule has 136 valence electrons. The van der Waals surface area contributed by atoms with Crippen LogP contribution in [0.2, 0.25) is 5.02 Å². The van der Waals surface area contributed by atoms with Crippen molar-refractivity contribution in [3.05, 3.63) is 74.3 Å². The first kappa shape index (κ1) is 19.4. The van der Waals surface area contributed by atoms with E-state index in [0.717, 1.165) is 36.4 Å². The highest BCUT2D eigenvalue weighted by Crippen LogP contribution is 2.29. The van der Waals surface area contributed by atoms with Crippen LogP contribution in [0.3, 0.4) is 0 Å². The summed E-state index contributed by atoms with van der Waals surface area (Å²) in [5.41, 5.74) is -2.04. The maximum Gasteiger partial charge on any atom is 0.416 e. The Morgan fingerprint density at radius 3 is 2.42 bits per heavy atom. The summed E-state index contributed by atoms with van der Waals surface area (Å²) >= 11 is 5.62. The lowest BCUT2D eigenvalue weighted by molar-refractivity contribution is -0.384. The Bertz CT molecular complexity index is 882. The molecule has 0 radical (unpaired) electrons. The number of nitrogens with zero attached hydrogens (tertiary/aromatic N) is 1. The molecule has 10 heteroatoms. The molecule has 2 aromatic carbocycles. The van der Waals surface area contributed by atoms with Gasteiger partial charge >= 0.3 is 12.1 Å². The summed E-state index contributed by atoms with van der Waals surface area (Å²) in [5.74, 6) is -1.90. The summed E-state index contributed by atoms with van der Waals surface area (Å²) in [6.45, 7) is -0.823. The molecular weight excluding hydrogens is 379 g/mol. The quantitative estimate of drug-likeness (QED) is 0.330. The third kappa shape index (κ3) is 4.57. The average molecular weight is 388 g/mol. The summed E-state index contributed by atoms with van der Waals surface area (Å²) < 4.78 is 42.6. The largest absolute Gasteiger partial charge is 0.454 e. The number of ketones is 1. The first-order chi connectivity index (χ1) is 12.1. The number of hydrogen-bond acceptors (Lipinski definition) is 5. The SMILES string of the molecule is O=C(COC(=O)c1ccc(Cl)c([N+](=O)[O-])c1)c1cccc(C(F)(F)F)c1. The second-order valence-electron chi connectivity index (χ2n) is 5.00. The van der Waals surface area contributed by atoms with Crippen molar-refractivity contribution in [2.24, 2.45) is 0 Å². The van der Waals surface area contributed by atoms with E-state index in [2.05, 4.69) is 0 Å². The van der Waals surface area contributed by atoms with E-state index in [9.17, 15) is 32.9 Å². The molecular formula is C16H9ClF3NO5. The Morgan fingerprint density at radius 2 is 1.81 bits per heavy atom. The number of Topliss-reactive ketones (excluding diaryl/α,β-unsaturated/α-hetero) is 1. The van der Waals surface area contributed by atoms with Crippen molar-refractivity contribution in [3.8, 4) is 0 Å². The summed E-state index contributed by atoms with van der Waals surface area (Å²) in [4.78, 5) is 33.8. The number of esters is 1. The number of nitro benzene ring substituents is 1. The number of carbonyl (C=O) groups is 2. The van der Waals surface area contributed by atoms with E-state index in [0.29, 0.717) is 6.07 Å². The Balaban J connectivity index is 2.09. The molecule has 0 N–H and O–H groups in total. The number of nitro groups is 1. The Labute approximate surface area is 149 Å². The van der Waals surface area contributed by atoms with Crippen LogP contribution in [0.4, 0.5) is 18.9 Å². The molecule has 0 aromatic heterocycles. The van der Waals surface area contributed by atoms with Crippen LogP contribution in [-0.2, 0) is 10.9 Å². The zero-order valence-electron chi connectivity index (χ0n) is 12.7. The van der Waals surface area contributed by atoms with Crippen LogP contribution in [-0.4, -0.2) is 23.3 Å². The number of alkyl halides is 3. The van der Waals surface area contributed by atoms with Crippen LogP contribution in [0.15, 0.2) is 42.5 Å². The van der Waals surface area contributed by atoms with Gasteiger partial charge in [0.15, 0.2) is 12.4 Å². The predicted octanol–water partition coefficient (Wildman–Crippen LogP) is 4.31. The molecule has 0 aliphatic rings. The number of ether oxygens (including phenoxy) is 1. The van der Waals surface area contributed by atoms with E-state index in [1.807, 2.05) is 0 Å². The molecule has 6 nitrogen and oxygen atoms in total. The molecule has 0 saturated carbocycles. The lowest BCUT2D eigenvalue weighted by Crippen LogP contribution is -2.15. The molecule has 0 fully saturated rings. The van der Waals surface area contributed by atoms with Crippen molar-refractivity contribution in [3.63, 3.8) is 0 Å². The van der Waals surface area contributed by atoms with Crippen molar-refractivity contribution in [2.45, 2.75) is 6.18 Å². The van der Waals surface area contributed by atoms with Gasteiger partial charge in [-0.25, -0.2) is 4.79 Å². The van der Waals surface area contributed by atoms with Crippen molar-refractivity contribution in [2.75, 3.05) is 6.61 Å². The maximum atomic E-state index is 12.6. The first-order valence-corrected chi connectivity index (χ1v) is 7.29. The minimum absolute atomic E-state index is 0.188.